The van der Waals surface area contributed by atoms with Gasteiger partial charge in [-0.25, -0.2) is 4.31 Å². The highest BCUT2D eigenvalue weighted by Crippen LogP contribution is 2.24. The number of nitrogens with one attached hydrogen (secondary N) is 1. The van der Waals surface area contributed by atoms with Gasteiger partial charge in [-0.05, 0) is 42.7 Å². The lowest BCUT2D eigenvalue weighted by molar-refractivity contribution is -0.139. The molecule has 2 amide bonds. The summed E-state index contributed by atoms with van der Waals surface area (Å²) in [6.45, 7) is 5.53. The number of amides is 2. The molecule has 0 fully saturated rings. The Hall–Kier alpha value is -2.33. The third kappa shape index (κ3) is 7.83. The molecule has 1 N–H and O–H groups in total. The van der Waals surface area contributed by atoms with Gasteiger partial charge < -0.3 is 10.2 Å². The second-order valence-electron chi connectivity index (χ2n) is 8.72. The van der Waals surface area contributed by atoms with Gasteiger partial charge in [0.15, 0.2) is 0 Å². The van der Waals surface area contributed by atoms with Crippen molar-refractivity contribution in [2.24, 2.45) is 5.92 Å². The molecule has 0 unspecified atom stereocenters. The summed E-state index contributed by atoms with van der Waals surface area (Å²) in [5.74, 6) is -0.657. The van der Waals surface area contributed by atoms with Gasteiger partial charge in [-0.2, -0.15) is 12.7 Å². The first kappa shape index (κ1) is 28.9. The molecule has 11 heteroatoms. The highest BCUT2D eigenvalue weighted by atomic mass is 35.5. The quantitative estimate of drug-likeness (QED) is 0.467. The van der Waals surface area contributed by atoms with E-state index in [9.17, 15) is 18.0 Å². The highest BCUT2D eigenvalue weighted by Gasteiger charge is 2.32. The van der Waals surface area contributed by atoms with Crippen LogP contribution < -0.4 is 9.62 Å². The molecule has 0 aliphatic heterocycles. The van der Waals surface area contributed by atoms with Crippen molar-refractivity contribution in [3.05, 3.63) is 64.1 Å². The Morgan fingerprint density at radius 1 is 0.971 bits per heavy atom. The summed E-state index contributed by atoms with van der Waals surface area (Å²) in [6.07, 6.45) is 0. The van der Waals surface area contributed by atoms with E-state index in [1.54, 1.807) is 55.5 Å². The zero-order valence-electron chi connectivity index (χ0n) is 20.5. The third-order valence-electron chi connectivity index (χ3n) is 5.25. The Kier molecular flexibility index (Phi) is 10.4. The molecule has 2 aromatic rings. The van der Waals surface area contributed by atoms with Gasteiger partial charge in [-0.15, -0.1) is 0 Å². The SMILES string of the molecule is CC(C)CNC(=O)[C@@H](C)N(Cc1ccc(Cl)c(Cl)c1)C(=O)CN(c1ccccc1)S(=O)(=O)N(C)C. The molecule has 0 radical (unpaired) electrons. The van der Waals surface area contributed by atoms with E-state index in [2.05, 4.69) is 5.32 Å². The topological polar surface area (TPSA) is 90.0 Å². The first-order chi connectivity index (χ1) is 16.3. The summed E-state index contributed by atoms with van der Waals surface area (Å²) in [7, 11) is -1.21. The number of carbonyl (C=O) groups is 2. The van der Waals surface area contributed by atoms with Crippen LogP contribution in [0.1, 0.15) is 26.3 Å². The zero-order valence-corrected chi connectivity index (χ0v) is 22.9. The smallest absolute Gasteiger partial charge is 0.304 e. The van der Waals surface area contributed by atoms with Crippen LogP contribution in [-0.4, -0.2) is 62.7 Å². The second kappa shape index (κ2) is 12.6. The molecule has 1 atom stereocenters. The first-order valence-electron chi connectivity index (χ1n) is 11.1. The summed E-state index contributed by atoms with van der Waals surface area (Å²) < 4.78 is 28.2. The standard InChI is InChI=1S/C24H32Cl2N4O4S/c1-17(2)14-27-24(32)18(3)29(15-19-11-12-21(25)22(26)13-19)23(31)16-30(35(33,34)28(4)5)20-9-7-6-8-10-20/h6-13,17-18H,14-16H2,1-5H3,(H,27,32)/t18-/m1/s1. The number of nitrogens with zero attached hydrogens (tertiary/aromatic N) is 3. The molecule has 35 heavy (non-hydrogen) atoms. The van der Waals surface area contributed by atoms with Crippen LogP contribution in [0.15, 0.2) is 48.5 Å². The number of hydrogen-bond donors (Lipinski definition) is 1. The average Bonchev–Trinajstić information content (AvgIpc) is 2.81. The maximum absolute atomic E-state index is 13.6. The van der Waals surface area contributed by atoms with Crippen LogP contribution in [-0.2, 0) is 26.3 Å². The zero-order chi connectivity index (χ0) is 26.3. The molecule has 0 spiro atoms. The molecule has 2 rings (SSSR count). The Morgan fingerprint density at radius 3 is 2.14 bits per heavy atom. The van der Waals surface area contributed by atoms with Gasteiger partial charge in [0, 0.05) is 27.2 Å². The Bertz CT molecular complexity index is 1130. The average molecular weight is 544 g/mol. The molecule has 2 aromatic carbocycles. The van der Waals surface area contributed by atoms with Crippen molar-refractivity contribution in [1.82, 2.24) is 14.5 Å². The van der Waals surface area contributed by atoms with Crippen molar-refractivity contribution in [3.8, 4) is 0 Å². The van der Waals surface area contributed by atoms with Crippen LogP contribution in [0.2, 0.25) is 10.0 Å². The molecular weight excluding hydrogens is 511 g/mol. The fraction of sp³-hybridized carbons (Fsp3) is 0.417. The van der Waals surface area contributed by atoms with Gasteiger partial charge in [0.1, 0.15) is 12.6 Å². The molecule has 0 aliphatic carbocycles. The fourth-order valence-corrected chi connectivity index (χ4v) is 4.56. The van der Waals surface area contributed by atoms with Crippen molar-refractivity contribution in [2.45, 2.75) is 33.4 Å². The maximum Gasteiger partial charge on any atom is 0.304 e. The van der Waals surface area contributed by atoms with E-state index in [4.69, 9.17) is 23.2 Å². The molecule has 0 aliphatic rings. The largest absolute Gasteiger partial charge is 0.354 e. The molecule has 0 bridgehead atoms. The van der Waals surface area contributed by atoms with Gasteiger partial charge in [0.25, 0.3) is 0 Å². The number of carbonyl (C=O) groups excluding carboxylic acids is 2. The molecule has 0 saturated heterocycles. The summed E-state index contributed by atoms with van der Waals surface area (Å²) >= 11 is 12.2. The Balaban J connectivity index is 2.42. The number of hydrogen-bond acceptors (Lipinski definition) is 4. The monoisotopic (exact) mass is 542 g/mol. The summed E-state index contributed by atoms with van der Waals surface area (Å²) in [6, 6.07) is 12.4. The predicted octanol–water partition coefficient (Wildman–Crippen LogP) is 3.80. The number of benzene rings is 2. The number of rotatable bonds is 11. The van der Waals surface area contributed by atoms with Crippen molar-refractivity contribution < 1.29 is 18.0 Å². The summed E-state index contributed by atoms with van der Waals surface area (Å²) in [4.78, 5) is 27.8. The lowest BCUT2D eigenvalue weighted by Gasteiger charge is -2.33. The molecule has 0 saturated carbocycles. The molecule has 0 aromatic heterocycles. The fourth-order valence-electron chi connectivity index (χ4n) is 3.18. The normalized spacial score (nSPS) is 12.5. The number of para-hydroxylation sites is 1. The molecule has 0 heterocycles. The molecular formula is C24H32Cl2N4O4S. The van der Waals surface area contributed by atoms with E-state index in [1.807, 2.05) is 13.8 Å². The minimum Gasteiger partial charge on any atom is -0.354 e. The number of anilines is 1. The van der Waals surface area contributed by atoms with Crippen LogP contribution in [0.25, 0.3) is 0 Å². The van der Waals surface area contributed by atoms with Crippen molar-refractivity contribution >= 4 is 50.9 Å². The Morgan fingerprint density at radius 2 is 1.60 bits per heavy atom. The van der Waals surface area contributed by atoms with E-state index in [1.165, 1.54) is 19.0 Å². The molecule has 8 nitrogen and oxygen atoms in total. The predicted molar refractivity (Wildman–Crippen MR) is 141 cm³/mol. The summed E-state index contributed by atoms with van der Waals surface area (Å²) in [5, 5.41) is 3.52. The van der Waals surface area contributed by atoms with Crippen molar-refractivity contribution in [2.75, 3.05) is 31.5 Å². The van der Waals surface area contributed by atoms with E-state index >= 15 is 0 Å². The van der Waals surface area contributed by atoms with Gasteiger partial charge in [-0.3, -0.25) is 9.59 Å². The van der Waals surface area contributed by atoms with Gasteiger partial charge in [0.2, 0.25) is 11.8 Å². The van der Waals surface area contributed by atoms with Gasteiger partial charge >= 0.3 is 10.2 Å². The lowest BCUT2D eigenvalue weighted by Crippen LogP contribution is -2.52. The van der Waals surface area contributed by atoms with Crippen LogP contribution in [0, 0.1) is 5.92 Å². The van der Waals surface area contributed by atoms with E-state index in [0.29, 0.717) is 27.8 Å². The highest BCUT2D eigenvalue weighted by molar-refractivity contribution is 7.90. The van der Waals surface area contributed by atoms with Crippen LogP contribution in [0.4, 0.5) is 5.69 Å². The first-order valence-corrected chi connectivity index (χ1v) is 13.3. The van der Waals surface area contributed by atoms with Crippen LogP contribution >= 0.6 is 23.2 Å². The van der Waals surface area contributed by atoms with E-state index in [-0.39, 0.29) is 18.4 Å². The number of halogens is 2. The third-order valence-corrected chi connectivity index (χ3v) is 7.81. The summed E-state index contributed by atoms with van der Waals surface area (Å²) in [5.41, 5.74) is 0.985. The minimum absolute atomic E-state index is 0.0383. The van der Waals surface area contributed by atoms with Crippen molar-refractivity contribution in [3.63, 3.8) is 0 Å². The van der Waals surface area contributed by atoms with E-state index < -0.39 is 28.7 Å². The maximum atomic E-state index is 13.6. The lowest BCUT2D eigenvalue weighted by atomic mass is 10.1. The van der Waals surface area contributed by atoms with Gasteiger partial charge in [0.05, 0.1) is 15.7 Å². The second-order valence-corrected chi connectivity index (χ2v) is 11.6. The Labute approximate surface area is 218 Å². The minimum atomic E-state index is -3.99. The van der Waals surface area contributed by atoms with Crippen LogP contribution in [0.5, 0.6) is 0 Å². The van der Waals surface area contributed by atoms with Gasteiger partial charge in [-0.1, -0.05) is 61.3 Å². The van der Waals surface area contributed by atoms with Crippen LogP contribution in [0.3, 0.4) is 0 Å². The van der Waals surface area contributed by atoms with E-state index in [0.717, 1.165) is 8.61 Å². The molecule has 192 valence electrons. The van der Waals surface area contributed by atoms with Crippen molar-refractivity contribution in [1.29, 1.82) is 0 Å².